The van der Waals surface area contributed by atoms with Crippen LogP contribution in [-0.2, 0) is 6.42 Å². The number of aromatic nitrogens is 2. The Morgan fingerprint density at radius 3 is 3.14 bits per heavy atom. The Labute approximate surface area is 163 Å². The van der Waals surface area contributed by atoms with Gasteiger partial charge in [-0.05, 0) is 55.6 Å². The first-order valence-electron chi connectivity index (χ1n) is 9.47. The van der Waals surface area contributed by atoms with Crippen molar-refractivity contribution in [3.05, 3.63) is 71.1 Å². The molecule has 0 radical (unpaired) electrons. The average Bonchev–Trinajstić information content (AvgIpc) is 3.30. The summed E-state index contributed by atoms with van der Waals surface area (Å²) in [5.41, 5.74) is 3.06. The molecule has 3 aromatic rings. The highest BCUT2D eigenvalue weighted by Crippen LogP contribution is 2.30. The Kier molecular flexibility index (Phi) is 5.08. The van der Waals surface area contributed by atoms with Crippen LogP contribution in [0.4, 0.5) is 17.2 Å². The van der Waals surface area contributed by atoms with Crippen molar-refractivity contribution in [3.8, 4) is 0 Å². The van der Waals surface area contributed by atoms with Crippen LogP contribution in [0.15, 0.2) is 55.4 Å². The average molecular weight is 377 g/mol. The maximum absolute atomic E-state index is 11.2. The Morgan fingerprint density at radius 1 is 1.43 bits per heavy atom. The normalized spacial score (nSPS) is 17.1. The van der Waals surface area contributed by atoms with Gasteiger partial charge in [-0.3, -0.25) is 15.0 Å². The van der Waals surface area contributed by atoms with Gasteiger partial charge in [0.15, 0.2) is 0 Å². The molecule has 2 N–H and O–H groups in total. The lowest BCUT2D eigenvalue weighted by atomic mass is 10.0. The fourth-order valence-electron chi connectivity index (χ4n) is 3.99. The van der Waals surface area contributed by atoms with E-state index in [1.807, 2.05) is 24.3 Å². The number of fused-ring (bicyclic) bond motifs is 1. The third kappa shape index (κ3) is 3.61. The Bertz CT molecular complexity index is 1010. The van der Waals surface area contributed by atoms with E-state index < -0.39 is 4.92 Å². The monoisotopic (exact) mass is 377 g/mol. The lowest BCUT2D eigenvalue weighted by molar-refractivity contribution is -0.384. The maximum atomic E-state index is 11.2. The number of pyridine rings is 1. The molecule has 28 heavy (non-hydrogen) atoms. The summed E-state index contributed by atoms with van der Waals surface area (Å²) >= 11 is 0. The van der Waals surface area contributed by atoms with Gasteiger partial charge in [0.05, 0.1) is 4.92 Å². The Balaban J connectivity index is 1.60. The lowest BCUT2D eigenvalue weighted by Gasteiger charge is -2.22. The molecule has 1 fully saturated rings. The van der Waals surface area contributed by atoms with Crippen LogP contribution in [0.1, 0.15) is 18.4 Å². The van der Waals surface area contributed by atoms with E-state index in [9.17, 15) is 10.1 Å². The SMILES string of the molecule is C=CCN1CCCC1Cc1c[nH]c2ccc(Nc3ncccc3[N+](=O)[O-])cc12. The maximum Gasteiger partial charge on any atom is 0.311 e. The van der Waals surface area contributed by atoms with Crippen molar-refractivity contribution < 1.29 is 4.92 Å². The number of benzene rings is 1. The zero-order chi connectivity index (χ0) is 19.5. The molecular formula is C21H23N5O2. The molecule has 0 amide bonds. The van der Waals surface area contributed by atoms with Crippen LogP contribution in [0.3, 0.4) is 0 Å². The van der Waals surface area contributed by atoms with Gasteiger partial charge in [-0.1, -0.05) is 6.08 Å². The molecule has 1 unspecified atom stereocenters. The van der Waals surface area contributed by atoms with E-state index in [1.165, 1.54) is 24.5 Å². The van der Waals surface area contributed by atoms with Gasteiger partial charge in [0.1, 0.15) is 0 Å². The van der Waals surface area contributed by atoms with Crippen molar-refractivity contribution in [2.45, 2.75) is 25.3 Å². The van der Waals surface area contributed by atoms with Gasteiger partial charge in [-0.15, -0.1) is 6.58 Å². The van der Waals surface area contributed by atoms with E-state index in [-0.39, 0.29) is 11.5 Å². The fraction of sp³-hybridized carbons (Fsp3) is 0.286. The first kappa shape index (κ1) is 18.2. The molecule has 1 aromatic carbocycles. The topological polar surface area (TPSA) is 87.1 Å². The van der Waals surface area contributed by atoms with Crippen molar-refractivity contribution in [3.63, 3.8) is 0 Å². The molecule has 1 atom stereocenters. The summed E-state index contributed by atoms with van der Waals surface area (Å²) in [5, 5.41) is 15.5. The third-order valence-corrected chi connectivity index (χ3v) is 5.33. The molecule has 0 saturated carbocycles. The number of H-pyrrole nitrogens is 1. The number of likely N-dealkylation sites (tertiary alicyclic amines) is 1. The van der Waals surface area contributed by atoms with Crippen LogP contribution in [0.2, 0.25) is 0 Å². The number of aromatic amines is 1. The highest BCUT2D eigenvalue weighted by molar-refractivity contribution is 5.87. The van der Waals surface area contributed by atoms with Gasteiger partial charge in [0.2, 0.25) is 5.82 Å². The first-order valence-corrected chi connectivity index (χ1v) is 9.47. The predicted octanol–water partition coefficient (Wildman–Crippen LogP) is 4.41. The van der Waals surface area contributed by atoms with Crippen molar-refractivity contribution in [1.82, 2.24) is 14.9 Å². The lowest BCUT2D eigenvalue weighted by Crippen LogP contribution is -2.31. The molecule has 144 valence electrons. The van der Waals surface area contributed by atoms with Crippen LogP contribution in [0.5, 0.6) is 0 Å². The number of rotatable bonds is 7. The molecule has 0 aliphatic carbocycles. The molecule has 3 heterocycles. The van der Waals surface area contributed by atoms with Gasteiger partial charge in [0.25, 0.3) is 0 Å². The molecule has 7 heteroatoms. The minimum Gasteiger partial charge on any atom is -0.361 e. The van der Waals surface area contributed by atoms with E-state index in [4.69, 9.17) is 0 Å². The fourth-order valence-corrected chi connectivity index (χ4v) is 3.99. The van der Waals surface area contributed by atoms with Gasteiger partial charge < -0.3 is 10.3 Å². The second-order valence-corrected chi connectivity index (χ2v) is 7.11. The van der Waals surface area contributed by atoms with Crippen molar-refractivity contribution >= 4 is 28.1 Å². The second kappa shape index (κ2) is 7.82. The van der Waals surface area contributed by atoms with Crippen LogP contribution >= 0.6 is 0 Å². The first-order chi connectivity index (χ1) is 13.7. The summed E-state index contributed by atoms with van der Waals surface area (Å²) in [6.45, 7) is 5.91. The summed E-state index contributed by atoms with van der Waals surface area (Å²) in [7, 11) is 0. The van der Waals surface area contributed by atoms with E-state index in [0.717, 1.165) is 36.1 Å². The van der Waals surface area contributed by atoms with Gasteiger partial charge in [-0.25, -0.2) is 4.98 Å². The van der Waals surface area contributed by atoms with Gasteiger partial charge in [-0.2, -0.15) is 0 Å². The molecule has 4 rings (SSSR count). The summed E-state index contributed by atoms with van der Waals surface area (Å²) < 4.78 is 0. The van der Waals surface area contributed by atoms with Crippen molar-refractivity contribution in [2.75, 3.05) is 18.4 Å². The molecule has 2 aromatic heterocycles. The van der Waals surface area contributed by atoms with Crippen molar-refractivity contribution in [1.29, 1.82) is 0 Å². The zero-order valence-electron chi connectivity index (χ0n) is 15.6. The smallest absolute Gasteiger partial charge is 0.311 e. The molecular weight excluding hydrogens is 354 g/mol. The van der Waals surface area contributed by atoms with Crippen LogP contribution < -0.4 is 5.32 Å². The predicted molar refractivity (Wildman–Crippen MR) is 111 cm³/mol. The largest absolute Gasteiger partial charge is 0.361 e. The number of nitro groups is 1. The number of nitrogens with zero attached hydrogens (tertiary/aromatic N) is 3. The number of hydrogen-bond donors (Lipinski definition) is 2. The number of hydrogen-bond acceptors (Lipinski definition) is 5. The highest BCUT2D eigenvalue weighted by atomic mass is 16.6. The van der Waals surface area contributed by atoms with Crippen LogP contribution in [0, 0.1) is 10.1 Å². The Morgan fingerprint density at radius 2 is 2.32 bits per heavy atom. The summed E-state index contributed by atoms with van der Waals surface area (Å²) in [5.74, 6) is 0.247. The minimum atomic E-state index is -0.427. The summed E-state index contributed by atoms with van der Waals surface area (Å²) in [6.07, 6.45) is 8.97. The summed E-state index contributed by atoms with van der Waals surface area (Å²) in [4.78, 5) is 20.7. The van der Waals surface area contributed by atoms with Crippen molar-refractivity contribution in [2.24, 2.45) is 0 Å². The standard InChI is InChI=1S/C21H23N5O2/c1-2-10-25-11-4-5-17(25)12-15-14-23-19-8-7-16(13-18(15)19)24-21-20(26(27)28)6-3-9-22-21/h2-3,6-9,13-14,17,23H,1,4-5,10-12H2,(H,22,24). The minimum absolute atomic E-state index is 0.0390. The summed E-state index contributed by atoms with van der Waals surface area (Å²) in [6, 6.07) is 9.46. The van der Waals surface area contributed by atoms with E-state index in [0.29, 0.717) is 6.04 Å². The highest BCUT2D eigenvalue weighted by Gasteiger charge is 2.24. The Hall–Kier alpha value is -3.19. The van der Waals surface area contributed by atoms with E-state index >= 15 is 0 Å². The third-order valence-electron chi connectivity index (χ3n) is 5.33. The molecule has 7 nitrogen and oxygen atoms in total. The van der Waals surface area contributed by atoms with Gasteiger partial charge in [0, 0.05) is 47.6 Å². The molecule has 0 bridgehead atoms. The van der Waals surface area contributed by atoms with E-state index in [1.54, 1.807) is 12.3 Å². The van der Waals surface area contributed by atoms with Crippen LogP contribution in [0.25, 0.3) is 10.9 Å². The molecule has 0 spiro atoms. The molecule has 1 aliphatic heterocycles. The van der Waals surface area contributed by atoms with Crippen LogP contribution in [-0.4, -0.2) is 38.9 Å². The number of anilines is 2. The van der Waals surface area contributed by atoms with E-state index in [2.05, 4.69) is 33.0 Å². The zero-order valence-corrected chi connectivity index (χ0v) is 15.6. The quantitative estimate of drug-likeness (QED) is 0.362. The second-order valence-electron chi connectivity index (χ2n) is 7.11. The number of nitrogens with one attached hydrogen (secondary N) is 2. The molecule has 1 aliphatic rings. The molecule has 1 saturated heterocycles. The van der Waals surface area contributed by atoms with Gasteiger partial charge >= 0.3 is 5.69 Å².